The molecule has 3 aromatic rings. The number of carbonyl (C=O) groups is 1. The minimum Gasteiger partial charge on any atom is -0.494 e. The molecule has 0 saturated heterocycles. The van der Waals surface area contributed by atoms with Gasteiger partial charge in [0, 0.05) is 17.1 Å². The Kier molecular flexibility index (Phi) is 7.77. The Balaban J connectivity index is 1.85. The number of nitrogens with zero attached hydrogens (tertiary/aromatic N) is 1. The van der Waals surface area contributed by atoms with Gasteiger partial charge in [-0.05, 0) is 50.2 Å². The van der Waals surface area contributed by atoms with E-state index in [0.29, 0.717) is 23.1 Å². The van der Waals surface area contributed by atoms with Crippen molar-refractivity contribution in [1.82, 2.24) is 5.32 Å². The van der Waals surface area contributed by atoms with Gasteiger partial charge >= 0.3 is 0 Å². The van der Waals surface area contributed by atoms with Crippen molar-refractivity contribution < 1.29 is 17.9 Å². The van der Waals surface area contributed by atoms with Crippen LogP contribution in [0.2, 0.25) is 5.02 Å². The predicted octanol–water partition coefficient (Wildman–Crippen LogP) is 4.56. The van der Waals surface area contributed by atoms with Crippen LogP contribution in [-0.2, 0) is 21.4 Å². The quantitative estimate of drug-likeness (QED) is 0.495. The third kappa shape index (κ3) is 5.81. The second-order valence-corrected chi connectivity index (χ2v) is 9.42. The summed E-state index contributed by atoms with van der Waals surface area (Å²) in [6.45, 7) is 4.07. The van der Waals surface area contributed by atoms with Crippen LogP contribution in [0.15, 0.2) is 77.7 Å². The van der Waals surface area contributed by atoms with Gasteiger partial charge in [0.05, 0.1) is 17.2 Å². The molecule has 3 aromatic carbocycles. The van der Waals surface area contributed by atoms with E-state index < -0.39 is 22.5 Å². The van der Waals surface area contributed by atoms with Gasteiger partial charge in [-0.2, -0.15) is 0 Å². The zero-order valence-electron chi connectivity index (χ0n) is 17.9. The molecule has 3 rings (SSSR count). The highest BCUT2D eigenvalue weighted by atomic mass is 35.5. The Morgan fingerprint density at radius 2 is 1.75 bits per heavy atom. The first kappa shape index (κ1) is 23.6. The van der Waals surface area contributed by atoms with E-state index >= 15 is 0 Å². The third-order valence-corrected chi connectivity index (χ3v) is 6.76. The van der Waals surface area contributed by atoms with Crippen LogP contribution in [0.5, 0.6) is 5.75 Å². The maximum Gasteiger partial charge on any atom is 0.264 e. The maximum absolute atomic E-state index is 13.4. The third-order valence-electron chi connectivity index (χ3n) is 4.74. The molecule has 0 aliphatic rings. The first-order chi connectivity index (χ1) is 15.3. The number of hydrogen-bond acceptors (Lipinski definition) is 4. The van der Waals surface area contributed by atoms with Crippen molar-refractivity contribution in [3.05, 3.63) is 88.9 Å². The van der Waals surface area contributed by atoms with E-state index in [1.54, 1.807) is 30.3 Å². The summed E-state index contributed by atoms with van der Waals surface area (Å²) in [5, 5.41) is 3.16. The minimum absolute atomic E-state index is 0.0950. The van der Waals surface area contributed by atoms with Crippen molar-refractivity contribution in [3.63, 3.8) is 0 Å². The number of anilines is 1. The number of carbonyl (C=O) groups excluding carboxylic acids is 1. The fourth-order valence-electron chi connectivity index (χ4n) is 3.11. The fraction of sp³-hybridized carbons (Fsp3) is 0.208. The number of rotatable bonds is 9. The number of amides is 1. The Morgan fingerprint density at radius 1 is 1.03 bits per heavy atom. The Bertz CT molecular complexity index is 1180. The summed E-state index contributed by atoms with van der Waals surface area (Å²) in [5.41, 5.74) is 2.05. The van der Waals surface area contributed by atoms with Crippen molar-refractivity contribution in [2.45, 2.75) is 25.3 Å². The Hall–Kier alpha value is -3.03. The summed E-state index contributed by atoms with van der Waals surface area (Å²) in [5.74, 6) is 0.223. The maximum atomic E-state index is 13.4. The molecule has 0 fully saturated rings. The van der Waals surface area contributed by atoms with E-state index in [2.05, 4.69) is 5.32 Å². The Labute approximate surface area is 193 Å². The van der Waals surface area contributed by atoms with E-state index in [1.165, 1.54) is 18.2 Å². The van der Waals surface area contributed by atoms with E-state index in [0.717, 1.165) is 15.4 Å². The van der Waals surface area contributed by atoms with Crippen molar-refractivity contribution in [3.8, 4) is 5.75 Å². The summed E-state index contributed by atoms with van der Waals surface area (Å²) < 4.78 is 33.4. The van der Waals surface area contributed by atoms with Crippen molar-refractivity contribution in [1.29, 1.82) is 0 Å². The number of sulfonamides is 1. The van der Waals surface area contributed by atoms with Gasteiger partial charge in [-0.15, -0.1) is 0 Å². The number of para-hydroxylation sites is 1. The number of benzene rings is 3. The lowest BCUT2D eigenvalue weighted by molar-refractivity contribution is -0.119. The molecule has 168 valence electrons. The first-order valence-corrected chi connectivity index (χ1v) is 12.0. The molecule has 0 saturated carbocycles. The number of ether oxygens (including phenoxy) is 1. The van der Waals surface area contributed by atoms with Gasteiger partial charge in [0.1, 0.15) is 12.3 Å². The number of aryl methyl sites for hydroxylation is 1. The molecule has 8 heteroatoms. The molecular formula is C24H25ClN2O4S. The number of halogens is 1. The highest BCUT2D eigenvalue weighted by Crippen LogP contribution is 2.26. The summed E-state index contributed by atoms with van der Waals surface area (Å²) in [7, 11) is -3.99. The van der Waals surface area contributed by atoms with Crippen LogP contribution in [0.3, 0.4) is 0 Å². The molecule has 0 atom stereocenters. The summed E-state index contributed by atoms with van der Waals surface area (Å²) in [6, 6.07) is 20.3. The van der Waals surface area contributed by atoms with Crippen molar-refractivity contribution in [2.24, 2.45) is 0 Å². The predicted molar refractivity (Wildman–Crippen MR) is 127 cm³/mol. The topological polar surface area (TPSA) is 75.7 Å². The Morgan fingerprint density at radius 3 is 2.44 bits per heavy atom. The molecule has 0 bridgehead atoms. The monoisotopic (exact) mass is 472 g/mol. The fourth-order valence-corrected chi connectivity index (χ4v) is 4.71. The van der Waals surface area contributed by atoms with Crippen molar-refractivity contribution >= 4 is 33.2 Å². The molecule has 0 aliphatic heterocycles. The number of nitrogens with one attached hydrogen (secondary N) is 1. The molecule has 0 aromatic heterocycles. The summed E-state index contributed by atoms with van der Waals surface area (Å²) >= 11 is 6.09. The zero-order chi connectivity index (χ0) is 23.1. The van der Waals surface area contributed by atoms with E-state index in [4.69, 9.17) is 16.3 Å². The first-order valence-electron chi connectivity index (χ1n) is 10.1. The molecule has 0 spiro atoms. The van der Waals surface area contributed by atoms with Crippen LogP contribution in [0, 0.1) is 6.92 Å². The SMILES string of the molecule is CCOc1ccccc1CNC(=O)CN(c1cccc(Cl)c1)S(=O)(=O)c1ccc(C)cc1. The van der Waals surface area contributed by atoms with Crippen LogP contribution in [-0.4, -0.2) is 27.5 Å². The summed E-state index contributed by atoms with van der Waals surface area (Å²) in [6.07, 6.45) is 0. The smallest absolute Gasteiger partial charge is 0.264 e. The molecule has 1 amide bonds. The normalized spacial score (nSPS) is 11.1. The van der Waals surface area contributed by atoms with Gasteiger partial charge < -0.3 is 10.1 Å². The molecule has 0 aliphatic carbocycles. The average Bonchev–Trinajstić information content (AvgIpc) is 2.77. The van der Waals surface area contributed by atoms with Gasteiger partial charge in [-0.3, -0.25) is 9.10 Å². The van der Waals surface area contributed by atoms with Crippen LogP contribution >= 0.6 is 11.6 Å². The van der Waals surface area contributed by atoms with Gasteiger partial charge in [-0.25, -0.2) is 8.42 Å². The van der Waals surface area contributed by atoms with E-state index in [9.17, 15) is 13.2 Å². The lowest BCUT2D eigenvalue weighted by Gasteiger charge is -2.24. The molecule has 1 N–H and O–H groups in total. The lowest BCUT2D eigenvalue weighted by atomic mass is 10.2. The molecule has 0 unspecified atom stereocenters. The van der Waals surface area contributed by atoms with Gasteiger partial charge in [-0.1, -0.05) is 53.6 Å². The minimum atomic E-state index is -3.99. The van der Waals surface area contributed by atoms with Gasteiger partial charge in [0.2, 0.25) is 5.91 Å². The highest BCUT2D eigenvalue weighted by molar-refractivity contribution is 7.92. The van der Waals surface area contributed by atoms with Crippen LogP contribution < -0.4 is 14.4 Å². The molecule has 0 heterocycles. The zero-order valence-corrected chi connectivity index (χ0v) is 19.5. The lowest BCUT2D eigenvalue weighted by Crippen LogP contribution is -2.40. The average molecular weight is 473 g/mol. The number of hydrogen-bond donors (Lipinski definition) is 1. The van der Waals surface area contributed by atoms with E-state index in [-0.39, 0.29) is 11.4 Å². The molecule has 32 heavy (non-hydrogen) atoms. The largest absolute Gasteiger partial charge is 0.494 e. The molecule has 6 nitrogen and oxygen atoms in total. The second-order valence-electron chi connectivity index (χ2n) is 7.12. The van der Waals surface area contributed by atoms with Gasteiger partial charge in [0.25, 0.3) is 10.0 Å². The van der Waals surface area contributed by atoms with E-state index in [1.807, 2.05) is 38.1 Å². The van der Waals surface area contributed by atoms with Crippen LogP contribution in [0.25, 0.3) is 0 Å². The van der Waals surface area contributed by atoms with Crippen LogP contribution in [0.1, 0.15) is 18.1 Å². The standard InChI is InChI=1S/C24H25ClN2O4S/c1-3-31-23-10-5-4-7-19(23)16-26-24(28)17-27(21-9-6-8-20(25)15-21)32(29,30)22-13-11-18(2)12-14-22/h4-15H,3,16-17H2,1-2H3,(H,26,28). The highest BCUT2D eigenvalue weighted by Gasteiger charge is 2.27. The molecule has 0 radical (unpaired) electrons. The van der Waals surface area contributed by atoms with Crippen LogP contribution in [0.4, 0.5) is 5.69 Å². The van der Waals surface area contributed by atoms with Gasteiger partial charge in [0.15, 0.2) is 0 Å². The van der Waals surface area contributed by atoms with Crippen molar-refractivity contribution in [2.75, 3.05) is 17.5 Å². The summed E-state index contributed by atoms with van der Waals surface area (Å²) in [4.78, 5) is 12.9. The second kappa shape index (κ2) is 10.5. The molecular weight excluding hydrogens is 448 g/mol.